The molecule has 0 fully saturated rings. The van der Waals surface area contributed by atoms with Crippen molar-refractivity contribution < 1.29 is 14.7 Å². The molecule has 132 valence electrons. The number of amidine groups is 1. The van der Waals surface area contributed by atoms with Gasteiger partial charge in [0.05, 0.1) is 0 Å². The molecule has 6 N–H and O–H groups in total. The monoisotopic (exact) mass is 350 g/mol. The molecule has 0 spiro atoms. The molecule has 1 unspecified atom stereocenters. The standard InChI is InChI=1S/C19H18N4O3/c20-17(21)12-5-3-6-13(8-12)18(24)23-16(19(25)26)10-14-9-11-4-1-2-7-15(11)22-14/h1-9,16,22H,10H2,(H3,20,21)(H,23,24)(H,25,26). The molecular weight excluding hydrogens is 332 g/mol. The molecule has 0 aliphatic heterocycles. The van der Waals surface area contributed by atoms with Crippen molar-refractivity contribution in [1.82, 2.24) is 10.3 Å². The van der Waals surface area contributed by atoms with E-state index in [1.165, 1.54) is 6.07 Å². The van der Waals surface area contributed by atoms with Crippen molar-refractivity contribution in [3.8, 4) is 0 Å². The number of hydrogen-bond donors (Lipinski definition) is 5. The fourth-order valence-electron chi connectivity index (χ4n) is 2.73. The van der Waals surface area contributed by atoms with Gasteiger partial charge in [-0.3, -0.25) is 10.2 Å². The third-order valence-corrected chi connectivity index (χ3v) is 4.05. The summed E-state index contributed by atoms with van der Waals surface area (Å²) in [6, 6.07) is 14.6. The van der Waals surface area contributed by atoms with Crippen LogP contribution in [-0.2, 0) is 11.2 Å². The number of fused-ring (bicyclic) bond motifs is 1. The molecule has 1 atom stereocenters. The van der Waals surface area contributed by atoms with Crippen LogP contribution in [0.3, 0.4) is 0 Å². The Morgan fingerprint density at radius 1 is 1.12 bits per heavy atom. The number of H-pyrrole nitrogens is 1. The normalized spacial score (nSPS) is 11.8. The zero-order valence-corrected chi connectivity index (χ0v) is 13.8. The van der Waals surface area contributed by atoms with Crippen molar-refractivity contribution in [3.63, 3.8) is 0 Å². The molecule has 0 saturated carbocycles. The molecule has 7 heteroatoms. The Morgan fingerprint density at radius 2 is 1.85 bits per heavy atom. The molecule has 1 heterocycles. The van der Waals surface area contributed by atoms with Crippen molar-refractivity contribution in [2.24, 2.45) is 5.73 Å². The van der Waals surface area contributed by atoms with Crippen LogP contribution in [0.1, 0.15) is 21.6 Å². The van der Waals surface area contributed by atoms with Crippen LogP contribution in [0, 0.1) is 5.41 Å². The zero-order valence-electron chi connectivity index (χ0n) is 13.8. The maximum Gasteiger partial charge on any atom is 0.326 e. The second kappa shape index (κ2) is 7.10. The first-order valence-electron chi connectivity index (χ1n) is 7.99. The number of rotatable bonds is 6. The van der Waals surface area contributed by atoms with Crippen molar-refractivity contribution in [2.45, 2.75) is 12.5 Å². The summed E-state index contributed by atoms with van der Waals surface area (Å²) in [5.74, 6) is -1.82. The molecular formula is C19H18N4O3. The summed E-state index contributed by atoms with van der Waals surface area (Å²) < 4.78 is 0. The van der Waals surface area contributed by atoms with Crippen LogP contribution < -0.4 is 11.1 Å². The van der Waals surface area contributed by atoms with E-state index in [1.807, 2.05) is 30.3 Å². The predicted molar refractivity (Wildman–Crippen MR) is 98.4 cm³/mol. The maximum absolute atomic E-state index is 12.4. The quantitative estimate of drug-likeness (QED) is 0.343. The highest BCUT2D eigenvalue weighted by atomic mass is 16.4. The van der Waals surface area contributed by atoms with Crippen LogP contribution in [0.4, 0.5) is 0 Å². The lowest BCUT2D eigenvalue weighted by Gasteiger charge is -2.14. The highest BCUT2D eigenvalue weighted by molar-refractivity contribution is 6.01. The SMILES string of the molecule is N=C(N)c1cccc(C(=O)NC(Cc2cc3ccccc3[nH]2)C(=O)O)c1. The molecule has 2 aromatic carbocycles. The smallest absolute Gasteiger partial charge is 0.326 e. The van der Waals surface area contributed by atoms with Gasteiger partial charge < -0.3 is 21.1 Å². The minimum Gasteiger partial charge on any atom is -0.480 e. The van der Waals surface area contributed by atoms with Crippen LogP contribution in [0.15, 0.2) is 54.6 Å². The molecule has 1 aromatic heterocycles. The summed E-state index contributed by atoms with van der Waals surface area (Å²) in [5, 5.41) is 20.4. The number of benzene rings is 2. The van der Waals surface area contributed by atoms with Crippen LogP contribution in [0.5, 0.6) is 0 Å². The fourth-order valence-corrected chi connectivity index (χ4v) is 2.73. The van der Waals surface area contributed by atoms with Gasteiger partial charge in [-0.05, 0) is 29.7 Å². The molecule has 0 radical (unpaired) electrons. The molecule has 7 nitrogen and oxygen atoms in total. The van der Waals surface area contributed by atoms with E-state index < -0.39 is 17.9 Å². The van der Waals surface area contributed by atoms with E-state index >= 15 is 0 Å². The number of aromatic nitrogens is 1. The van der Waals surface area contributed by atoms with Gasteiger partial charge in [-0.25, -0.2) is 4.79 Å². The Kier molecular flexibility index (Phi) is 4.70. The first kappa shape index (κ1) is 17.2. The summed E-state index contributed by atoms with van der Waals surface area (Å²) in [7, 11) is 0. The van der Waals surface area contributed by atoms with E-state index in [-0.39, 0.29) is 17.8 Å². The molecule has 0 aliphatic carbocycles. The van der Waals surface area contributed by atoms with Gasteiger partial charge >= 0.3 is 5.97 Å². The minimum absolute atomic E-state index is 0.127. The van der Waals surface area contributed by atoms with Gasteiger partial charge in [0.25, 0.3) is 5.91 Å². The number of carboxylic acid groups (broad SMARTS) is 1. The van der Waals surface area contributed by atoms with Crippen LogP contribution in [-0.4, -0.2) is 33.8 Å². The summed E-state index contributed by atoms with van der Waals surface area (Å²) in [6.45, 7) is 0. The van der Waals surface area contributed by atoms with E-state index in [0.717, 1.165) is 16.6 Å². The van der Waals surface area contributed by atoms with Gasteiger partial charge in [0, 0.05) is 28.8 Å². The Balaban J connectivity index is 1.78. The molecule has 26 heavy (non-hydrogen) atoms. The highest BCUT2D eigenvalue weighted by Gasteiger charge is 2.22. The number of aliphatic carboxylic acids is 1. The molecule has 0 saturated heterocycles. The lowest BCUT2D eigenvalue weighted by atomic mass is 10.1. The number of hydrogen-bond acceptors (Lipinski definition) is 3. The maximum atomic E-state index is 12.4. The van der Waals surface area contributed by atoms with Gasteiger partial charge in [0.2, 0.25) is 0 Å². The van der Waals surface area contributed by atoms with Crippen LogP contribution in [0.2, 0.25) is 0 Å². The highest BCUT2D eigenvalue weighted by Crippen LogP contribution is 2.16. The van der Waals surface area contributed by atoms with Crippen molar-refractivity contribution in [1.29, 1.82) is 5.41 Å². The zero-order chi connectivity index (χ0) is 18.7. The molecule has 0 bridgehead atoms. The summed E-state index contributed by atoms with van der Waals surface area (Å²) in [4.78, 5) is 27.1. The lowest BCUT2D eigenvalue weighted by Crippen LogP contribution is -2.42. The number of aromatic amines is 1. The van der Waals surface area contributed by atoms with Crippen molar-refractivity contribution in [3.05, 3.63) is 71.4 Å². The van der Waals surface area contributed by atoms with E-state index in [2.05, 4.69) is 10.3 Å². The van der Waals surface area contributed by atoms with Gasteiger partial charge in [0.15, 0.2) is 0 Å². The average molecular weight is 350 g/mol. The van der Waals surface area contributed by atoms with Crippen molar-refractivity contribution >= 4 is 28.6 Å². The Labute approximate surface area is 149 Å². The third-order valence-electron chi connectivity index (χ3n) is 4.05. The second-order valence-electron chi connectivity index (χ2n) is 5.94. The van der Waals surface area contributed by atoms with Crippen LogP contribution >= 0.6 is 0 Å². The van der Waals surface area contributed by atoms with E-state index in [9.17, 15) is 14.7 Å². The predicted octanol–water partition coefficient (Wildman–Crippen LogP) is 1.88. The van der Waals surface area contributed by atoms with Gasteiger partial charge in [0.1, 0.15) is 11.9 Å². The number of nitrogens with two attached hydrogens (primary N) is 1. The molecule has 0 aliphatic rings. The number of nitrogen functional groups attached to an aromatic ring is 1. The minimum atomic E-state index is -1.13. The fraction of sp³-hybridized carbons (Fsp3) is 0.105. The number of carboxylic acids is 1. The number of para-hydroxylation sites is 1. The van der Waals surface area contributed by atoms with Gasteiger partial charge in [-0.15, -0.1) is 0 Å². The molecule has 3 rings (SSSR count). The largest absolute Gasteiger partial charge is 0.480 e. The lowest BCUT2D eigenvalue weighted by molar-refractivity contribution is -0.139. The average Bonchev–Trinajstić information content (AvgIpc) is 3.03. The number of amides is 1. The molecule has 1 amide bonds. The Morgan fingerprint density at radius 3 is 2.54 bits per heavy atom. The third kappa shape index (κ3) is 3.72. The van der Waals surface area contributed by atoms with E-state index in [1.54, 1.807) is 18.2 Å². The number of nitrogens with one attached hydrogen (secondary N) is 3. The summed E-state index contributed by atoms with van der Waals surface area (Å²) in [6.07, 6.45) is 0.127. The topological polar surface area (TPSA) is 132 Å². The second-order valence-corrected chi connectivity index (χ2v) is 5.94. The van der Waals surface area contributed by atoms with Gasteiger partial charge in [-0.2, -0.15) is 0 Å². The first-order chi connectivity index (χ1) is 12.4. The Hall–Kier alpha value is -3.61. The van der Waals surface area contributed by atoms with E-state index in [4.69, 9.17) is 11.1 Å². The van der Waals surface area contributed by atoms with Crippen molar-refractivity contribution in [2.75, 3.05) is 0 Å². The summed E-state index contributed by atoms with van der Waals surface area (Å²) >= 11 is 0. The number of carbonyl (C=O) groups is 2. The first-order valence-corrected chi connectivity index (χ1v) is 7.99. The van der Waals surface area contributed by atoms with E-state index in [0.29, 0.717) is 5.56 Å². The number of carbonyl (C=O) groups excluding carboxylic acids is 1. The summed E-state index contributed by atoms with van der Waals surface area (Å²) in [5.41, 5.74) is 7.71. The molecule has 3 aromatic rings. The Bertz CT molecular complexity index is 960. The van der Waals surface area contributed by atoms with Gasteiger partial charge in [-0.1, -0.05) is 30.3 Å². The van der Waals surface area contributed by atoms with Crippen LogP contribution in [0.25, 0.3) is 10.9 Å².